The Balaban J connectivity index is 1.57. The van der Waals surface area contributed by atoms with E-state index in [1.165, 1.54) is 0 Å². The van der Waals surface area contributed by atoms with E-state index in [9.17, 15) is 9.59 Å². The zero-order valence-electron chi connectivity index (χ0n) is 16.4. The second kappa shape index (κ2) is 7.66. The summed E-state index contributed by atoms with van der Waals surface area (Å²) in [6.45, 7) is 4.14. The summed E-state index contributed by atoms with van der Waals surface area (Å²) in [5.74, 6) is 0.882. The van der Waals surface area contributed by atoms with Gasteiger partial charge in [0.1, 0.15) is 5.75 Å². The van der Waals surface area contributed by atoms with E-state index in [1.807, 2.05) is 36.9 Å². The quantitative estimate of drug-likeness (QED) is 0.832. The monoisotopic (exact) mass is 397 g/mol. The highest BCUT2D eigenvalue weighted by Gasteiger charge is 2.32. The van der Waals surface area contributed by atoms with Gasteiger partial charge in [-0.25, -0.2) is 4.79 Å². The Kier molecular flexibility index (Phi) is 5.05. The minimum Gasteiger partial charge on any atom is -0.481 e. The van der Waals surface area contributed by atoms with Crippen LogP contribution in [0.5, 0.6) is 17.2 Å². The Hall–Kier alpha value is -3.22. The van der Waals surface area contributed by atoms with E-state index in [2.05, 4.69) is 0 Å². The average Bonchev–Trinajstić information content (AvgIpc) is 3.35. The molecule has 0 saturated carbocycles. The van der Waals surface area contributed by atoms with E-state index in [1.54, 1.807) is 12.1 Å². The molecule has 0 spiro atoms. The molecule has 0 bridgehead atoms. The highest BCUT2D eigenvalue weighted by atomic mass is 16.7. The number of likely N-dealkylation sites (tertiary alicyclic amines) is 1. The number of amides is 1. The second-order valence-corrected chi connectivity index (χ2v) is 7.39. The predicted octanol–water partition coefficient (Wildman–Crippen LogP) is 3.47. The van der Waals surface area contributed by atoms with Gasteiger partial charge in [0.25, 0.3) is 5.91 Å². The molecule has 1 unspecified atom stereocenters. The SMILES string of the molecule is Cc1cc(C(=O)N2CCCC2c2ccc3c(c2)OCO3)cc(C)c1OCC(=O)O. The van der Waals surface area contributed by atoms with Crippen LogP contribution in [-0.4, -0.2) is 41.8 Å². The topological polar surface area (TPSA) is 85.3 Å². The van der Waals surface area contributed by atoms with E-state index in [0.29, 0.717) is 23.6 Å². The third-order valence-corrected chi connectivity index (χ3v) is 5.34. The number of fused-ring (bicyclic) bond motifs is 1. The van der Waals surface area contributed by atoms with Crippen molar-refractivity contribution >= 4 is 11.9 Å². The van der Waals surface area contributed by atoms with Crippen molar-refractivity contribution in [2.45, 2.75) is 32.7 Å². The normalized spacial score (nSPS) is 17.4. The molecule has 1 saturated heterocycles. The van der Waals surface area contributed by atoms with Crippen molar-refractivity contribution in [3.05, 3.63) is 52.6 Å². The Morgan fingerprint density at radius 3 is 2.59 bits per heavy atom. The molecule has 2 heterocycles. The summed E-state index contributed by atoms with van der Waals surface area (Å²) in [6.07, 6.45) is 1.83. The van der Waals surface area contributed by atoms with E-state index < -0.39 is 12.6 Å². The molecule has 0 aliphatic carbocycles. The van der Waals surface area contributed by atoms with Crippen molar-refractivity contribution in [1.29, 1.82) is 0 Å². The molecular weight excluding hydrogens is 374 g/mol. The molecule has 0 aromatic heterocycles. The fourth-order valence-electron chi connectivity index (χ4n) is 4.08. The van der Waals surface area contributed by atoms with Gasteiger partial charge in [-0.15, -0.1) is 0 Å². The van der Waals surface area contributed by atoms with Crippen LogP contribution in [0, 0.1) is 13.8 Å². The molecule has 2 aliphatic rings. The van der Waals surface area contributed by atoms with Gasteiger partial charge in [0, 0.05) is 12.1 Å². The van der Waals surface area contributed by atoms with E-state index in [0.717, 1.165) is 35.3 Å². The zero-order chi connectivity index (χ0) is 20.5. The number of rotatable bonds is 5. The number of hydrogen-bond donors (Lipinski definition) is 1. The Bertz CT molecular complexity index is 947. The predicted molar refractivity (Wildman–Crippen MR) is 105 cm³/mol. The smallest absolute Gasteiger partial charge is 0.341 e. The highest BCUT2D eigenvalue weighted by molar-refractivity contribution is 5.95. The molecule has 2 aromatic rings. The number of aliphatic carboxylic acids is 1. The standard InChI is InChI=1S/C22H23NO6/c1-13-8-16(9-14(2)21(13)27-11-20(24)25)22(26)23-7-3-4-17(23)15-5-6-18-19(10-15)29-12-28-18/h5-6,8-10,17H,3-4,7,11-12H2,1-2H3,(H,24,25). The van der Waals surface area contributed by atoms with Gasteiger partial charge in [-0.3, -0.25) is 4.79 Å². The number of ether oxygens (including phenoxy) is 3. The van der Waals surface area contributed by atoms with Crippen LogP contribution < -0.4 is 14.2 Å². The van der Waals surface area contributed by atoms with Gasteiger partial charge in [0.15, 0.2) is 18.1 Å². The molecule has 7 heteroatoms. The van der Waals surface area contributed by atoms with Crippen molar-refractivity contribution in [3.63, 3.8) is 0 Å². The van der Waals surface area contributed by atoms with Crippen LogP contribution in [0.15, 0.2) is 30.3 Å². The summed E-state index contributed by atoms with van der Waals surface area (Å²) in [4.78, 5) is 26.0. The maximum absolute atomic E-state index is 13.3. The van der Waals surface area contributed by atoms with Crippen LogP contribution in [0.3, 0.4) is 0 Å². The Labute approximate surface area is 168 Å². The zero-order valence-corrected chi connectivity index (χ0v) is 16.4. The first-order chi connectivity index (χ1) is 13.9. The molecule has 0 radical (unpaired) electrons. The first-order valence-electron chi connectivity index (χ1n) is 9.60. The van der Waals surface area contributed by atoms with E-state index in [4.69, 9.17) is 19.3 Å². The van der Waals surface area contributed by atoms with Crippen molar-refractivity contribution in [3.8, 4) is 17.2 Å². The number of carboxylic acids is 1. The lowest BCUT2D eigenvalue weighted by atomic mass is 10.0. The first-order valence-corrected chi connectivity index (χ1v) is 9.60. The molecule has 7 nitrogen and oxygen atoms in total. The summed E-state index contributed by atoms with van der Waals surface area (Å²) < 4.78 is 16.2. The number of hydrogen-bond acceptors (Lipinski definition) is 5. The minimum absolute atomic E-state index is 0.0134. The number of aryl methyl sites for hydroxylation is 2. The molecule has 29 heavy (non-hydrogen) atoms. The van der Waals surface area contributed by atoms with Crippen LogP contribution in [-0.2, 0) is 4.79 Å². The minimum atomic E-state index is -1.03. The summed E-state index contributed by atoms with van der Waals surface area (Å²) in [5, 5.41) is 8.84. The Morgan fingerprint density at radius 2 is 1.86 bits per heavy atom. The average molecular weight is 397 g/mol. The van der Waals surface area contributed by atoms with Crippen molar-refractivity contribution in [2.75, 3.05) is 19.9 Å². The molecule has 1 amide bonds. The van der Waals surface area contributed by atoms with Gasteiger partial charge >= 0.3 is 5.97 Å². The molecule has 1 fully saturated rings. The van der Waals surface area contributed by atoms with E-state index in [-0.39, 0.29) is 18.7 Å². The third-order valence-electron chi connectivity index (χ3n) is 5.34. The number of carboxylic acid groups (broad SMARTS) is 1. The highest BCUT2D eigenvalue weighted by Crippen LogP contribution is 2.39. The molecule has 4 rings (SSSR count). The van der Waals surface area contributed by atoms with Gasteiger partial charge in [-0.2, -0.15) is 0 Å². The molecule has 2 aromatic carbocycles. The number of carbonyl (C=O) groups excluding carboxylic acids is 1. The lowest BCUT2D eigenvalue weighted by Crippen LogP contribution is -2.30. The van der Waals surface area contributed by atoms with Crippen LogP contribution in [0.1, 0.15) is 45.9 Å². The summed E-state index contributed by atoms with van der Waals surface area (Å²) >= 11 is 0. The Morgan fingerprint density at radius 1 is 1.14 bits per heavy atom. The molecular formula is C22H23NO6. The van der Waals surface area contributed by atoms with Crippen LogP contribution in [0.2, 0.25) is 0 Å². The van der Waals surface area contributed by atoms with E-state index >= 15 is 0 Å². The number of carbonyl (C=O) groups is 2. The molecule has 2 aliphatic heterocycles. The molecule has 1 N–H and O–H groups in total. The number of benzene rings is 2. The van der Waals surface area contributed by atoms with Gasteiger partial charge < -0.3 is 24.2 Å². The van der Waals surface area contributed by atoms with Crippen LogP contribution >= 0.6 is 0 Å². The van der Waals surface area contributed by atoms with Crippen LogP contribution in [0.4, 0.5) is 0 Å². The third kappa shape index (κ3) is 3.72. The summed E-state index contributed by atoms with van der Waals surface area (Å²) in [6, 6.07) is 9.35. The maximum atomic E-state index is 13.3. The lowest BCUT2D eigenvalue weighted by molar-refractivity contribution is -0.139. The lowest BCUT2D eigenvalue weighted by Gasteiger charge is -2.26. The van der Waals surface area contributed by atoms with Crippen molar-refractivity contribution < 1.29 is 28.9 Å². The number of nitrogens with zero attached hydrogens (tertiary/aromatic N) is 1. The van der Waals surface area contributed by atoms with Crippen molar-refractivity contribution in [1.82, 2.24) is 4.90 Å². The first kappa shape index (κ1) is 19.1. The van der Waals surface area contributed by atoms with Gasteiger partial charge in [-0.05, 0) is 67.6 Å². The molecule has 152 valence electrons. The van der Waals surface area contributed by atoms with Crippen LogP contribution in [0.25, 0.3) is 0 Å². The fraction of sp³-hybridized carbons (Fsp3) is 0.364. The fourth-order valence-corrected chi connectivity index (χ4v) is 4.08. The van der Waals surface area contributed by atoms with Gasteiger partial charge in [0.05, 0.1) is 6.04 Å². The largest absolute Gasteiger partial charge is 0.481 e. The maximum Gasteiger partial charge on any atom is 0.341 e. The summed E-state index contributed by atoms with van der Waals surface area (Å²) in [5.41, 5.74) is 3.10. The summed E-state index contributed by atoms with van der Waals surface area (Å²) in [7, 11) is 0. The molecule has 1 atom stereocenters. The van der Waals surface area contributed by atoms with Gasteiger partial charge in [0.2, 0.25) is 6.79 Å². The second-order valence-electron chi connectivity index (χ2n) is 7.39. The van der Waals surface area contributed by atoms with Gasteiger partial charge in [-0.1, -0.05) is 6.07 Å². The van der Waals surface area contributed by atoms with Crippen molar-refractivity contribution in [2.24, 2.45) is 0 Å².